The summed E-state index contributed by atoms with van der Waals surface area (Å²) in [6.07, 6.45) is 3.66. The average Bonchev–Trinajstić information content (AvgIpc) is 2.95. The Balaban J connectivity index is 1.31. The van der Waals surface area contributed by atoms with Crippen LogP contribution in [0.4, 0.5) is 17.1 Å². The number of rotatable bonds is 9. The maximum absolute atomic E-state index is 12.9. The van der Waals surface area contributed by atoms with Crippen LogP contribution in [0.25, 0.3) is 6.08 Å². The lowest BCUT2D eigenvalue weighted by atomic mass is 10.1. The summed E-state index contributed by atoms with van der Waals surface area (Å²) in [6, 6.07) is 16.7. The van der Waals surface area contributed by atoms with E-state index in [1.807, 2.05) is 30.0 Å². The zero-order chi connectivity index (χ0) is 28.6. The number of nitrogens with zero attached hydrogens (tertiary/aromatic N) is 3. The van der Waals surface area contributed by atoms with Crippen LogP contribution in [0.2, 0.25) is 10.0 Å². The van der Waals surface area contributed by atoms with Crippen molar-refractivity contribution in [2.24, 2.45) is 0 Å². The van der Waals surface area contributed by atoms with Gasteiger partial charge in [0.1, 0.15) is 10.8 Å². The van der Waals surface area contributed by atoms with Crippen LogP contribution in [0.3, 0.4) is 0 Å². The van der Waals surface area contributed by atoms with Gasteiger partial charge in [-0.2, -0.15) is 0 Å². The number of piperazine rings is 1. The van der Waals surface area contributed by atoms with E-state index in [1.54, 1.807) is 30.3 Å². The van der Waals surface area contributed by atoms with E-state index in [9.17, 15) is 19.7 Å². The molecule has 0 radical (unpaired) electrons. The predicted octanol–water partition coefficient (Wildman–Crippen LogP) is 6.30. The first-order chi connectivity index (χ1) is 19.2. The quantitative estimate of drug-likeness (QED) is 0.180. The first-order valence-corrected chi connectivity index (χ1v) is 13.5. The zero-order valence-electron chi connectivity index (χ0n) is 21.8. The molecule has 2 amide bonds. The second-order valence-corrected chi connectivity index (χ2v) is 9.92. The van der Waals surface area contributed by atoms with Gasteiger partial charge in [0.25, 0.3) is 11.6 Å². The number of hydrogen-bond donors (Lipinski definition) is 1. The van der Waals surface area contributed by atoms with Crippen LogP contribution in [0.1, 0.15) is 29.3 Å². The van der Waals surface area contributed by atoms with Gasteiger partial charge < -0.3 is 19.9 Å². The maximum atomic E-state index is 12.9. The molecule has 1 aliphatic rings. The first kappa shape index (κ1) is 28.9. The van der Waals surface area contributed by atoms with Gasteiger partial charge in [-0.15, -0.1) is 0 Å². The van der Waals surface area contributed by atoms with Crippen molar-refractivity contribution in [3.63, 3.8) is 0 Å². The first-order valence-electron chi connectivity index (χ1n) is 12.7. The van der Waals surface area contributed by atoms with Gasteiger partial charge in [0.15, 0.2) is 0 Å². The number of amides is 2. The molecule has 9 nitrogen and oxygen atoms in total. The highest BCUT2D eigenvalue weighted by molar-refractivity contribution is 6.33. The molecule has 40 heavy (non-hydrogen) atoms. The number of carbonyl (C=O) groups is 2. The molecule has 4 rings (SSSR count). The van der Waals surface area contributed by atoms with E-state index in [2.05, 4.69) is 10.2 Å². The summed E-state index contributed by atoms with van der Waals surface area (Å²) in [7, 11) is 0. The normalized spacial score (nSPS) is 13.4. The lowest BCUT2D eigenvalue weighted by Crippen LogP contribution is -2.48. The number of nitro benzene ring substituents is 1. The molecule has 0 atom stereocenters. The minimum Gasteiger partial charge on any atom is -0.494 e. The van der Waals surface area contributed by atoms with E-state index in [0.717, 1.165) is 17.9 Å². The molecule has 1 aliphatic heterocycles. The number of halogens is 2. The van der Waals surface area contributed by atoms with Crippen LogP contribution in [0, 0.1) is 10.1 Å². The highest BCUT2D eigenvalue weighted by atomic mass is 35.5. The van der Waals surface area contributed by atoms with Crippen LogP contribution >= 0.6 is 23.2 Å². The van der Waals surface area contributed by atoms with Crippen molar-refractivity contribution >= 4 is 58.2 Å². The van der Waals surface area contributed by atoms with Crippen LogP contribution in [-0.2, 0) is 4.79 Å². The Labute approximate surface area is 242 Å². The summed E-state index contributed by atoms with van der Waals surface area (Å²) in [5.74, 6) is 0.312. The van der Waals surface area contributed by atoms with Crippen LogP contribution in [0.5, 0.6) is 5.75 Å². The number of anilines is 2. The van der Waals surface area contributed by atoms with Gasteiger partial charge in [0.2, 0.25) is 5.91 Å². The number of hydrogen-bond acceptors (Lipinski definition) is 6. The molecule has 1 fully saturated rings. The van der Waals surface area contributed by atoms with E-state index in [0.29, 0.717) is 54.6 Å². The fraction of sp³-hybridized carbons (Fsp3) is 0.241. The molecule has 0 aliphatic carbocycles. The molecule has 3 aromatic rings. The van der Waals surface area contributed by atoms with E-state index < -0.39 is 10.8 Å². The van der Waals surface area contributed by atoms with E-state index in [-0.39, 0.29) is 16.6 Å². The third-order valence-electron chi connectivity index (χ3n) is 6.29. The molecule has 0 aromatic heterocycles. The van der Waals surface area contributed by atoms with Crippen molar-refractivity contribution in [1.29, 1.82) is 0 Å². The van der Waals surface area contributed by atoms with Crippen molar-refractivity contribution in [3.8, 4) is 5.75 Å². The number of nitrogens with one attached hydrogen (secondary N) is 1. The third kappa shape index (κ3) is 7.31. The Hall–Kier alpha value is -4.08. The fourth-order valence-electron chi connectivity index (χ4n) is 4.22. The molecule has 208 valence electrons. The number of ether oxygens (including phenoxy) is 1. The summed E-state index contributed by atoms with van der Waals surface area (Å²) in [6.45, 7) is 5.02. The number of benzene rings is 3. The van der Waals surface area contributed by atoms with Gasteiger partial charge >= 0.3 is 0 Å². The van der Waals surface area contributed by atoms with Gasteiger partial charge in [-0.05, 0) is 66.6 Å². The molecular weight excluding hydrogens is 555 g/mol. The number of nitro groups is 1. The van der Waals surface area contributed by atoms with Crippen molar-refractivity contribution < 1.29 is 19.2 Å². The van der Waals surface area contributed by atoms with E-state index >= 15 is 0 Å². The molecule has 1 N–H and O–H groups in total. The van der Waals surface area contributed by atoms with Gasteiger partial charge in [-0.1, -0.05) is 36.2 Å². The lowest BCUT2D eigenvalue weighted by Gasteiger charge is -2.36. The highest BCUT2D eigenvalue weighted by Gasteiger charge is 2.23. The largest absolute Gasteiger partial charge is 0.494 e. The van der Waals surface area contributed by atoms with Crippen molar-refractivity contribution in [2.45, 2.75) is 13.3 Å². The van der Waals surface area contributed by atoms with E-state index in [4.69, 9.17) is 27.9 Å². The summed E-state index contributed by atoms with van der Waals surface area (Å²) in [5, 5.41) is 14.3. The Morgan fingerprint density at radius 3 is 2.38 bits per heavy atom. The molecule has 1 saturated heterocycles. The zero-order valence-corrected chi connectivity index (χ0v) is 23.3. The van der Waals surface area contributed by atoms with Gasteiger partial charge in [0, 0.05) is 49.6 Å². The average molecular weight is 583 g/mol. The Morgan fingerprint density at radius 2 is 1.73 bits per heavy atom. The monoisotopic (exact) mass is 582 g/mol. The van der Waals surface area contributed by atoms with Crippen molar-refractivity contribution in [2.75, 3.05) is 43.0 Å². The lowest BCUT2D eigenvalue weighted by molar-refractivity contribution is -0.384. The minimum atomic E-state index is -0.580. The third-order valence-corrected chi connectivity index (χ3v) is 6.91. The molecular formula is C29H28Cl2N4O5. The summed E-state index contributed by atoms with van der Waals surface area (Å²) in [4.78, 5) is 39.7. The van der Waals surface area contributed by atoms with Crippen LogP contribution in [-0.4, -0.2) is 54.4 Å². The van der Waals surface area contributed by atoms with Gasteiger partial charge in [-0.25, -0.2) is 0 Å². The maximum Gasteiger partial charge on any atom is 0.288 e. The summed E-state index contributed by atoms with van der Waals surface area (Å²) >= 11 is 12.4. The molecule has 0 unspecified atom stereocenters. The van der Waals surface area contributed by atoms with Crippen molar-refractivity contribution in [3.05, 3.63) is 98.0 Å². The second-order valence-electron chi connectivity index (χ2n) is 9.11. The fourth-order valence-corrected chi connectivity index (χ4v) is 4.70. The Morgan fingerprint density at radius 1 is 1.00 bits per heavy atom. The predicted molar refractivity (Wildman–Crippen MR) is 158 cm³/mol. The second kappa shape index (κ2) is 13.3. The Bertz CT molecular complexity index is 1420. The molecule has 0 saturated carbocycles. The molecule has 0 spiro atoms. The molecule has 3 aromatic carbocycles. The topological polar surface area (TPSA) is 105 Å². The Kier molecular flexibility index (Phi) is 9.63. The van der Waals surface area contributed by atoms with Crippen molar-refractivity contribution in [1.82, 2.24) is 4.90 Å². The minimum absolute atomic E-state index is 0.0212. The summed E-state index contributed by atoms with van der Waals surface area (Å²) in [5.41, 5.74) is 2.18. The molecule has 11 heteroatoms. The highest BCUT2D eigenvalue weighted by Crippen LogP contribution is 2.30. The van der Waals surface area contributed by atoms with Crippen LogP contribution in [0.15, 0.2) is 66.7 Å². The van der Waals surface area contributed by atoms with E-state index in [1.165, 1.54) is 24.3 Å². The van der Waals surface area contributed by atoms with Gasteiger partial charge in [-0.3, -0.25) is 19.7 Å². The smallest absolute Gasteiger partial charge is 0.288 e. The summed E-state index contributed by atoms with van der Waals surface area (Å²) < 4.78 is 5.59. The number of carbonyl (C=O) groups excluding carboxylic acids is 2. The SMILES string of the molecule is CCCOc1ccc(C(=O)N2CCN(c3ccc(NC(=O)/C=C/c4ccc(Cl)c([N+](=O)[O-])c4)cc3Cl)CC2)cc1. The van der Waals surface area contributed by atoms with Gasteiger partial charge in [0.05, 0.1) is 22.2 Å². The van der Waals surface area contributed by atoms with Crippen LogP contribution < -0.4 is 15.0 Å². The standard InChI is InChI=1S/C29H28Cl2N4O5/c1-2-17-40-23-8-5-21(6-9-23)29(37)34-15-13-33(14-16-34)26-11-7-22(19-25(26)31)32-28(36)12-4-20-3-10-24(30)27(18-20)35(38)39/h3-12,18-19H,2,13-17H2,1H3,(H,32,36)/b12-4+. The molecule has 1 heterocycles. The molecule has 0 bridgehead atoms.